The fourth-order valence-corrected chi connectivity index (χ4v) is 3.43. The predicted molar refractivity (Wildman–Crippen MR) is 72.6 cm³/mol. The van der Waals surface area contributed by atoms with Gasteiger partial charge in [0, 0.05) is 18.3 Å². The van der Waals surface area contributed by atoms with Gasteiger partial charge < -0.3 is 11.1 Å². The third-order valence-electron chi connectivity index (χ3n) is 2.03. The molecule has 2 aromatic rings. The van der Waals surface area contributed by atoms with Crippen LogP contribution in [0.5, 0.6) is 0 Å². The lowest BCUT2D eigenvalue weighted by molar-refractivity contribution is 0.978. The number of thioether (sulfide) groups is 1. The number of thiazole rings is 1. The molecule has 16 heavy (non-hydrogen) atoms. The third-order valence-corrected chi connectivity index (χ3v) is 4.43. The van der Waals surface area contributed by atoms with Crippen LogP contribution < -0.4 is 11.1 Å². The van der Waals surface area contributed by atoms with Crippen LogP contribution in [0.4, 0.5) is 10.8 Å². The molecule has 2 heterocycles. The first-order valence-electron chi connectivity index (χ1n) is 4.71. The van der Waals surface area contributed by atoms with E-state index in [2.05, 4.69) is 20.1 Å². The summed E-state index contributed by atoms with van der Waals surface area (Å²) >= 11 is 4.66. The van der Waals surface area contributed by atoms with E-state index in [4.69, 9.17) is 5.73 Å². The Morgan fingerprint density at radius 2 is 2.44 bits per heavy atom. The van der Waals surface area contributed by atoms with Crippen LogP contribution in [0.25, 0.3) is 0 Å². The summed E-state index contributed by atoms with van der Waals surface area (Å²) in [6, 6.07) is 0. The molecule has 0 atom stereocenters. The van der Waals surface area contributed by atoms with E-state index in [-0.39, 0.29) is 0 Å². The van der Waals surface area contributed by atoms with Crippen molar-refractivity contribution >= 4 is 45.5 Å². The molecule has 3 N–H and O–H groups in total. The number of hydrogen-bond donors (Lipinski definition) is 2. The van der Waals surface area contributed by atoms with Crippen LogP contribution in [0.3, 0.4) is 0 Å². The molecule has 0 bridgehead atoms. The minimum atomic E-state index is 0.619. The summed E-state index contributed by atoms with van der Waals surface area (Å²) in [6.45, 7) is 0.860. The first-order chi connectivity index (χ1) is 7.81. The van der Waals surface area contributed by atoms with Crippen molar-refractivity contribution in [1.29, 1.82) is 0 Å². The van der Waals surface area contributed by atoms with Gasteiger partial charge in [-0.3, -0.25) is 0 Å². The topological polar surface area (TPSA) is 63.8 Å². The minimum absolute atomic E-state index is 0.619. The second-order valence-corrected chi connectivity index (χ2v) is 5.40. The second-order valence-electron chi connectivity index (χ2n) is 3.09. The Kier molecular flexibility index (Phi) is 4.03. The van der Waals surface area contributed by atoms with Gasteiger partial charge in [0.25, 0.3) is 0 Å². The summed E-state index contributed by atoms with van der Waals surface area (Å²) < 4.78 is 4.13. The Morgan fingerprint density at radius 1 is 1.56 bits per heavy atom. The highest BCUT2D eigenvalue weighted by Gasteiger charge is 2.09. The summed E-state index contributed by atoms with van der Waals surface area (Å²) in [6.07, 6.45) is 2.93. The van der Waals surface area contributed by atoms with Crippen LogP contribution in [0, 0.1) is 0 Å². The molecular weight excluding hydrogens is 260 g/mol. The van der Waals surface area contributed by atoms with Crippen molar-refractivity contribution in [3.8, 4) is 0 Å². The average molecular weight is 272 g/mol. The van der Waals surface area contributed by atoms with Crippen molar-refractivity contribution in [3.05, 3.63) is 16.6 Å². The maximum Gasteiger partial charge on any atom is 0.153 e. The highest BCUT2D eigenvalue weighted by atomic mass is 32.2. The SMILES string of the molecule is CSc1c(N)nsc1NCCc1cscn1. The van der Waals surface area contributed by atoms with E-state index in [0.29, 0.717) is 5.82 Å². The Balaban J connectivity index is 1.89. The molecule has 0 radical (unpaired) electrons. The normalized spacial score (nSPS) is 10.6. The Morgan fingerprint density at radius 3 is 3.12 bits per heavy atom. The van der Waals surface area contributed by atoms with Crippen molar-refractivity contribution in [3.63, 3.8) is 0 Å². The van der Waals surface area contributed by atoms with E-state index >= 15 is 0 Å². The number of hydrogen-bond acceptors (Lipinski definition) is 7. The zero-order valence-corrected chi connectivity index (χ0v) is 11.2. The largest absolute Gasteiger partial charge is 0.382 e. The third kappa shape index (κ3) is 2.66. The molecule has 0 aliphatic heterocycles. The molecule has 86 valence electrons. The minimum Gasteiger partial charge on any atom is -0.382 e. The van der Waals surface area contributed by atoms with Gasteiger partial charge in [0.1, 0.15) is 5.00 Å². The molecule has 0 saturated heterocycles. The number of nitrogens with zero attached hydrogens (tertiary/aromatic N) is 2. The molecule has 2 aromatic heterocycles. The second kappa shape index (κ2) is 5.51. The number of anilines is 2. The summed E-state index contributed by atoms with van der Waals surface area (Å²) in [5.41, 5.74) is 8.73. The maximum atomic E-state index is 5.75. The molecule has 7 heteroatoms. The van der Waals surface area contributed by atoms with Crippen LogP contribution >= 0.6 is 34.6 Å². The zero-order chi connectivity index (χ0) is 11.4. The Labute approximate surface area is 106 Å². The zero-order valence-electron chi connectivity index (χ0n) is 8.77. The van der Waals surface area contributed by atoms with Gasteiger partial charge in [-0.2, -0.15) is 4.37 Å². The van der Waals surface area contributed by atoms with E-state index in [9.17, 15) is 0 Å². The highest BCUT2D eigenvalue weighted by Crippen LogP contribution is 2.34. The van der Waals surface area contributed by atoms with Crippen LogP contribution in [-0.2, 0) is 6.42 Å². The molecular formula is C9H12N4S3. The first-order valence-corrected chi connectivity index (χ1v) is 7.65. The molecule has 0 saturated carbocycles. The fraction of sp³-hybridized carbons (Fsp3) is 0.333. The summed E-state index contributed by atoms with van der Waals surface area (Å²) in [5.74, 6) is 0.619. The van der Waals surface area contributed by atoms with E-state index in [1.165, 1.54) is 11.5 Å². The van der Waals surface area contributed by atoms with Crippen LogP contribution in [0.1, 0.15) is 5.69 Å². The number of nitrogen functional groups attached to an aromatic ring is 1. The summed E-state index contributed by atoms with van der Waals surface area (Å²) in [7, 11) is 0. The average Bonchev–Trinajstić information content (AvgIpc) is 2.89. The first kappa shape index (κ1) is 11.7. The standard InChI is InChI=1S/C9H12N4S3/c1-14-7-8(10)13-16-9(7)11-3-2-6-4-15-5-12-6/h4-5,11H,2-3H2,1H3,(H2,10,13). The maximum absolute atomic E-state index is 5.75. The smallest absolute Gasteiger partial charge is 0.153 e. The molecule has 0 unspecified atom stereocenters. The molecule has 2 rings (SSSR count). The van der Waals surface area contributed by atoms with Gasteiger partial charge in [0.05, 0.1) is 16.1 Å². The van der Waals surface area contributed by atoms with Crippen LogP contribution in [-0.4, -0.2) is 22.2 Å². The van der Waals surface area contributed by atoms with Crippen molar-refractivity contribution in [2.45, 2.75) is 11.3 Å². The van der Waals surface area contributed by atoms with Crippen molar-refractivity contribution in [1.82, 2.24) is 9.36 Å². The lowest BCUT2D eigenvalue weighted by atomic mass is 10.3. The van der Waals surface area contributed by atoms with Crippen LogP contribution in [0.15, 0.2) is 15.8 Å². The molecule has 0 aliphatic carbocycles. The Bertz CT molecular complexity index is 438. The number of aromatic nitrogens is 2. The van der Waals surface area contributed by atoms with Crippen molar-refractivity contribution in [2.24, 2.45) is 0 Å². The van der Waals surface area contributed by atoms with Gasteiger partial charge in [0.15, 0.2) is 5.82 Å². The van der Waals surface area contributed by atoms with Crippen molar-refractivity contribution < 1.29 is 0 Å². The monoisotopic (exact) mass is 272 g/mol. The van der Waals surface area contributed by atoms with Gasteiger partial charge in [-0.15, -0.1) is 23.1 Å². The number of nitrogens with two attached hydrogens (primary N) is 1. The number of rotatable bonds is 5. The van der Waals surface area contributed by atoms with E-state index in [1.807, 2.05) is 11.8 Å². The molecule has 0 amide bonds. The molecule has 4 nitrogen and oxygen atoms in total. The van der Waals surface area contributed by atoms with Gasteiger partial charge in [-0.05, 0) is 17.8 Å². The summed E-state index contributed by atoms with van der Waals surface area (Å²) in [4.78, 5) is 5.28. The summed E-state index contributed by atoms with van der Waals surface area (Å²) in [5, 5.41) is 6.47. The lowest BCUT2D eigenvalue weighted by Crippen LogP contribution is -2.04. The number of nitrogens with one attached hydrogen (secondary N) is 1. The van der Waals surface area contributed by atoms with E-state index in [1.54, 1.807) is 23.1 Å². The van der Waals surface area contributed by atoms with Crippen LogP contribution in [0.2, 0.25) is 0 Å². The Hall–Kier alpha value is -0.790. The van der Waals surface area contributed by atoms with Crippen molar-refractivity contribution in [2.75, 3.05) is 23.9 Å². The van der Waals surface area contributed by atoms with Gasteiger partial charge in [-0.25, -0.2) is 4.98 Å². The molecule has 0 aromatic carbocycles. The molecule has 0 fully saturated rings. The van der Waals surface area contributed by atoms with E-state index < -0.39 is 0 Å². The van der Waals surface area contributed by atoms with Gasteiger partial charge in [0.2, 0.25) is 0 Å². The molecule has 0 aliphatic rings. The highest BCUT2D eigenvalue weighted by molar-refractivity contribution is 7.99. The fourth-order valence-electron chi connectivity index (χ4n) is 1.27. The predicted octanol–water partition coefficient (Wildman–Crippen LogP) is 2.56. The van der Waals surface area contributed by atoms with Gasteiger partial charge in [-0.1, -0.05) is 0 Å². The van der Waals surface area contributed by atoms with Gasteiger partial charge >= 0.3 is 0 Å². The molecule has 0 spiro atoms. The lowest BCUT2D eigenvalue weighted by Gasteiger charge is -2.03. The van der Waals surface area contributed by atoms with E-state index in [0.717, 1.165) is 28.6 Å². The quantitative estimate of drug-likeness (QED) is 0.819.